The molecule has 2 N–H and O–H groups in total. The molecular formula is C25H22BFN4O4. The van der Waals surface area contributed by atoms with E-state index < -0.39 is 12.9 Å². The molecular weight excluding hydrogens is 450 g/mol. The van der Waals surface area contributed by atoms with Gasteiger partial charge in [-0.2, -0.15) is 10.4 Å². The molecule has 35 heavy (non-hydrogen) atoms. The lowest BCUT2D eigenvalue weighted by Crippen LogP contribution is -2.30. The Kier molecular flexibility index (Phi) is 6.56. The molecule has 4 aromatic rings. The number of halogens is 1. The molecule has 1 heterocycles. The number of nitriles is 1. The monoisotopic (exact) mass is 472 g/mol. The van der Waals surface area contributed by atoms with Crippen molar-refractivity contribution in [1.29, 1.82) is 5.26 Å². The maximum atomic E-state index is 14.5. The summed E-state index contributed by atoms with van der Waals surface area (Å²) in [5.41, 5.74) is 1.93. The first-order valence-electron chi connectivity index (χ1n) is 10.6. The lowest BCUT2D eigenvalue weighted by Gasteiger charge is -2.22. The maximum absolute atomic E-state index is 14.5. The van der Waals surface area contributed by atoms with E-state index in [-0.39, 0.29) is 16.6 Å². The highest BCUT2D eigenvalue weighted by Gasteiger charge is 2.21. The van der Waals surface area contributed by atoms with Gasteiger partial charge in [-0.25, -0.2) is 4.39 Å². The standard InChI is InChI=1S/C25H22BFN4O4/c1-14-19-9-15(20-10-16(26(32)33)11-22(27)21(20)13-28)5-7-18(19)25(30-29-14)31(2)23-8-6-17(34-3)12-24(23)35-4/h5-12,32-33H,1-4H3. The van der Waals surface area contributed by atoms with Crippen LogP contribution in [0.25, 0.3) is 21.9 Å². The largest absolute Gasteiger partial charge is 0.497 e. The molecule has 176 valence electrons. The number of methoxy groups -OCH3 is 2. The first-order chi connectivity index (χ1) is 16.8. The van der Waals surface area contributed by atoms with Gasteiger partial charge in [0.05, 0.1) is 31.2 Å². The zero-order chi connectivity index (χ0) is 25.3. The Labute approximate surface area is 201 Å². The van der Waals surface area contributed by atoms with Crippen molar-refractivity contribution in [2.45, 2.75) is 6.92 Å². The van der Waals surface area contributed by atoms with Crippen LogP contribution in [0.5, 0.6) is 11.5 Å². The fourth-order valence-electron chi connectivity index (χ4n) is 3.98. The van der Waals surface area contributed by atoms with Gasteiger partial charge < -0.3 is 24.4 Å². The van der Waals surface area contributed by atoms with Gasteiger partial charge >= 0.3 is 7.12 Å². The Balaban J connectivity index is 1.88. The first-order valence-corrected chi connectivity index (χ1v) is 10.6. The topological polar surface area (TPSA) is 112 Å². The van der Waals surface area contributed by atoms with E-state index in [0.717, 1.165) is 22.5 Å². The number of benzene rings is 3. The van der Waals surface area contributed by atoms with E-state index >= 15 is 0 Å². The van der Waals surface area contributed by atoms with Crippen LogP contribution in [0.15, 0.2) is 48.5 Å². The van der Waals surface area contributed by atoms with E-state index in [9.17, 15) is 19.7 Å². The van der Waals surface area contributed by atoms with E-state index in [2.05, 4.69) is 10.2 Å². The summed E-state index contributed by atoms with van der Waals surface area (Å²) in [5.74, 6) is 0.975. The molecule has 0 aliphatic carbocycles. The van der Waals surface area contributed by atoms with Crippen LogP contribution in [-0.4, -0.2) is 48.6 Å². The summed E-state index contributed by atoms with van der Waals surface area (Å²) in [6.45, 7) is 1.80. The number of nitrogens with zero attached hydrogens (tertiary/aromatic N) is 4. The van der Waals surface area contributed by atoms with E-state index in [1.54, 1.807) is 39.3 Å². The molecule has 4 rings (SSSR count). The van der Waals surface area contributed by atoms with Crippen LogP contribution in [0.3, 0.4) is 0 Å². The molecule has 0 spiro atoms. The smallest absolute Gasteiger partial charge is 0.488 e. The Hall–Kier alpha value is -4.20. The summed E-state index contributed by atoms with van der Waals surface area (Å²) >= 11 is 0. The molecule has 0 atom stereocenters. The number of rotatable bonds is 6. The van der Waals surface area contributed by atoms with Gasteiger partial charge in [0.2, 0.25) is 0 Å². The van der Waals surface area contributed by atoms with Crippen molar-refractivity contribution in [3.05, 3.63) is 65.6 Å². The predicted octanol–water partition coefficient (Wildman–Crippen LogP) is 3.08. The van der Waals surface area contributed by atoms with Crippen LogP contribution in [0.4, 0.5) is 15.9 Å². The number of hydrogen-bond acceptors (Lipinski definition) is 8. The quantitative estimate of drug-likeness (QED) is 0.412. The minimum absolute atomic E-state index is 0.0480. The van der Waals surface area contributed by atoms with Crippen molar-refractivity contribution in [2.75, 3.05) is 26.2 Å². The summed E-state index contributed by atoms with van der Waals surface area (Å²) in [4.78, 5) is 1.84. The van der Waals surface area contributed by atoms with Gasteiger partial charge in [-0.05, 0) is 48.3 Å². The minimum atomic E-state index is -1.87. The Bertz CT molecular complexity index is 1470. The summed E-state index contributed by atoms with van der Waals surface area (Å²) in [6, 6.07) is 15.0. The van der Waals surface area contributed by atoms with E-state index in [1.807, 2.05) is 36.2 Å². The summed E-state index contributed by atoms with van der Waals surface area (Å²) in [7, 11) is 3.12. The third-order valence-electron chi connectivity index (χ3n) is 5.84. The lowest BCUT2D eigenvalue weighted by molar-refractivity contribution is 0.395. The second-order valence-electron chi connectivity index (χ2n) is 7.88. The van der Waals surface area contributed by atoms with Crippen LogP contribution in [0.2, 0.25) is 0 Å². The van der Waals surface area contributed by atoms with Crippen LogP contribution in [-0.2, 0) is 0 Å². The molecule has 0 saturated heterocycles. The fraction of sp³-hybridized carbons (Fsp3) is 0.160. The van der Waals surface area contributed by atoms with Gasteiger partial charge in [0.1, 0.15) is 23.4 Å². The third-order valence-corrected chi connectivity index (χ3v) is 5.84. The molecule has 1 aromatic heterocycles. The molecule has 3 aromatic carbocycles. The SMILES string of the molecule is COc1ccc(N(C)c2nnc(C)c3cc(-c4cc(B(O)O)cc(F)c4C#N)ccc23)c(OC)c1. The number of aromatic nitrogens is 2. The van der Waals surface area contributed by atoms with Crippen LogP contribution in [0, 0.1) is 24.1 Å². The number of ether oxygens (including phenoxy) is 2. The fourth-order valence-corrected chi connectivity index (χ4v) is 3.98. The summed E-state index contributed by atoms with van der Waals surface area (Å²) < 4.78 is 25.4. The molecule has 0 bridgehead atoms. The normalized spacial score (nSPS) is 10.7. The number of hydrogen-bond donors (Lipinski definition) is 2. The number of aryl methyl sites for hydroxylation is 1. The molecule has 0 amide bonds. The zero-order valence-corrected chi connectivity index (χ0v) is 19.6. The van der Waals surface area contributed by atoms with Crippen molar-refractivity contribution in [2.24, 2.45) is 0 Å². The van der Waals surface area contributed by atoms with Crippen LogP contribution in [0.1, 0.15) is 11.3 Å². The van der Waals surface area contributed by atoms with Gasteiger partial charge in [-0.3, -0.25) is 0 Å². The van der Waals surface area contributed by atoms with Crippen molar-refractivity contribution in [3.8, 4) is 28.7 Å². The highest BCUT2D eigenvalue weighted by molar-refractivity contribution is 6.58. The first kappa shape index (κ1) is 23.9. The summed E-state index contributed by atoms with van der Waals surface area (Å²) in [5, 5.41) is 38.8. The predicted molar refractivity (Wildman–Crippen MR) is 132 cm³/mol. The van der Waals surface area contributed by atoms with E-state index in [4.69, 9.17) is 9.47 Å². The van der Waals surface area contributed by atoms with E-state index in [1.165, 1.54) is 6.07 Å². The van der Waals surface area contributed by atoms with Crippen LogP contribution < -0.4 is 19.8 Å². The van der Waals surface area contributed by atoms with Crippen molar-refractivity contribution in [3.63, 3.8) is 0 Å². The average Bonchev–Trinajstić information content (AvgIpc) is 2.87. The molecule has 0 fully saturated rings. The second-order valence-corrected chi connectivity index (χ2v) is 7.88. The van der Waals surface area contributed by atoms with Crippen molar-refractivity contribution < 1.29 is 23.9 Å². The van der Waals surface area contributed by atoms with Gasteiger partial charge in [0, 0.05) is 29.4 Å². The molecule has 0 radical (unpaired) electrons. The molecule has 0 aliphatic heterocycles. The van der Waals surface area contributed by atoms with Crippen molar-refractivity contribution in [1.82, 2.24) is 10.2 Å². The molecule has 0 unspecified atom stereocenters. The van der Waals surface area contributed by atoms with Crippen molar-refractivity contribution >= 4 is 34.9 Å². The molecule has 0 saturated carbocycles. The summed E-state index contributed by atoms with van der Waals surface area (Å²) in [6.07, 6.45) is 0. The third kappa shape index (κ3) is 4.35. The second kappa shape index (κ2) is 9.58. The Morgan fingerprint density at radius 2 is 1.77 bits per heavy atom. The maximum Gasteiger partial charge on any atom is 0.488 e. The average molecular weight is 472 g/mol. The van der Waals surface area contributed by atoms with Crippen LogP contribution >= 0.6 is 0 Å². The van der Waals surface area contributed by atoms with Gasteiger partial charge in [-0.1, -0.05) is 12.1 Å². The molecule has 8 nitrogen and oxygen atoms in total. The van der Waals surface area contributed by atoms with E-state index in [0.29, 0.717) is 28.6 Å². The Morgan fingerprint density at radius 3 is 2.43 bits per heavy atom. The number of fused-ring (bicyclic) bond motifs is 1. The molecule has 0 aliphatic rings. The van der Waals surface area contributed by atoms with Gasteiger partial charge in [-0.15, -0.1) is 5.10 Å². The van der Waals surface area contributed by atoms with Gasteiger partial charge in [0.25, 0.3) is 0 Å². The van der Waals surface area contributed by atoms with Gasteiger partial charge in [0.15, 0.2) is 5.82 Å². The Morgan fingerprint density at radius 1 is 1.00 bits per heavy atom. The highest BCUT2D eigenvalue weighted by atomic mass is 19.1. The number of anilines is 2. The highest BCUT2D eigenvalue weighted by Crippen LogP contribution is 2.38. The minimum Gasteiger partial charge on any atom is -0.497 e. The zero-order valence-electron chi connectivity index (χ0n) is 19.6. The molecule has 10 heteroatoms. The lowest BCUT2D eigenvalue weighted by atomic mass is 9.78.